The van der Waals surface area contributed by atoms with Crippen LogP contribution in [-0.4, -0.2) is 26.4 Å². The van der Waals surface area contributed by atoms with E-state index in [1.807, 2.05) is 19.3 Å². The molecule has 6 heteroatoms. The highest BCUT2D eigenvalue weighted by atomic mass is 32.1. The molecule has 1 aliphatic heterocycles. The van der Waals surface area contributed by atoms with Crippen LogP contribution in [0, 0.1) is 11.7 Å². The SMILES string of the molecule is Cc1cncc(CN2CCc3[nH]c(=S)[nH]c(=O)c3C2)c1. The maximum atomic E-state index is 12.0. The van der Waals surface area contributed by atoms with Crippen molar-refractivity contribution in [3.63, 3.8) is 0 Å². The lowest BCUT2D eigenvalue weighted by atomic mass is 10.1. The van der Waals surface area contributed by atoms with Crippen LogP contribution in [0.3, 0.4) is 0 Å². The molecule has 1 aliphatic rings. The summed E-state index contributed by atoms with van der Waals surface area (Å²) in [6, 6.07) is 2.13. The second-order valence-electron chi connectivity index (χ2n) is 5.20. The Labute approximate surface area is 121 Å². The molecule has 3 heterocycles. The second kappa shape index (κ2) is 5.30. The fraction of sp³-hybridized carbons (Fsp3) is 0.357. The van der Waals surface area contributed by atoms with Crippen LogP contribution in [0.15, 0.2) is 23.3 Å². The quantitative estimate of drug-likeness (QED) is 0.826. The van der Waals surface area contributed by atoms with Gasteiger partial charge in [-0.1, -0.05) is 6.07 Å². The number of aromatic nitrogens is 3. The van der Waals surface area contributed by atoms with Gasteiger partial charge in [0.1, 0.15) is 0 Å². The van der Waals surface area contributed by atoms with E-state index in [1.54, 1.807) is 0 Å². The number of hydrogen-bond donors (Lipinski definition) is 2. The van der Waals surface area contributed by atoms with Crippen molar-refractivity contribution in [3.8, 4) is 0 Å². The molecule has 0 radical (unpaired) electrons. The smallest absolute Gasteiger partial charge is 0.256 e. The van der Waals surface area contributed by atoms with Crippen molar-refractivity contribution in [1.82, 2.24) is 19.9 Å². The van der Waals surface area contributed by atoms with Gasteiger partial charge in [-0.05, 0) is 30.3 Å². The summed E-state index contributed by atoms with van der Waals surface area (Å²) in [5, 5.41) is 0. The van der Waals surface area contributed by atoms with Gasteiger partial charge in [0.05, 0.1) is 5.56 Å². The van der Waals surface area contributed by atoms with Crippen molar-refractivity contribution in [2.24, 2.45) is 0 Å². The lowest BCUT2D eigenvalue weighted by Gasteiger charge is -2.27. The van der Waals surface area contributed by atoms with Gasteiger partial charge >= 0.3 is 0 Å². The Morgan fingerprint density at radius 1 is 1.40 bits per heavy atom. The molecule has 20 heavy (non-hydrogen) atoms. The number of hydrogen-bond acceptors (Lipinski definition) is 4. The minimum atomic E-state index is -0.0733. The van der Waals surface area contributed by atoms with Gasteiger partial charge in [0, 0.05) is 44.1 Å². The predicted octanol–water partition coefficient (Wildman–Crippen LogP) is 1.69. The molecule has 0 fully saturated rings. The number of fused-ring (bicyclic) bond motifs is 1. The van der Waals surface area contributed by atoms with Crippen LogP contribution >= 0.6 is 12.2 Å². The maximum Gasteiger partial charge on any atom is 0.256 e. The van der Waals surface area contributed by atoms with Gasteiger partial charge in [-0.15, -0.1) is 0 Å². The molecule has 0 aromatic carbocycles. The number of pyridine rings is 1. The lowest BCUT2D eigenvalue weighted by molar-refractivity contribution is 0.241. The summed E-state index contributed by atoms with van der Waals surface area (Å²) in [6.07, 6.45) is 4.55. The van der Waals surface area contributed by atoms with E-state index in [0.29, 0.717) is 11.3 Å². The zero-order valence-electron chi connectivity index (χ0n) is 11.3. The molecule has 5 nitrogen and oxygen atoms in total. The van der Waals surface area contributed by atoms with E-state index in [4.69, 9.17) is 12.2 Å². The highest BCUT2D eigenvalue weighted by Gasteiger charge is 2.19. The Balaban J connectivity index is 1.82. The first-order valence-electron chi connectivity index (χ1n) is 6.59. The number of aryl methyl sites for hydroxylation is 1. The van der Waals surface area contributed by atoms with Crippen LogP contribution < -0.4 is 5.56 Å². The molecule has 0 unspecified atom stereocenters. The monoisotopic (exact) mass is 288 g/mol. The van der Waals surface area contributed by atoms with E-state index in [0.717, 1.165) is 36.3 Å². The minimum absolute atomic E-state index is 0.0733. The summed E-state index contributed by atoms with van der Waals surface area (Å²) in [7, 11) is 0. The van der Waals surface area contributed by atoms with Gasteiger partial charge in [-0.2, -0.15) is 0 Å². The first-order chi connectivity index (χ1) is 9.61. The molecule has 0 atom stereocenters. The molecule has 0 saturated carbocycles. The van der Waals surface area contributed by atoms with Crippen LogP contribution in [0.25, 0.3) is 0 Å². The molecular formula is C14H16N4OS. The molecule has 104 valence electrons. The van der Waals surface area contributed by atoms with Gasteiger partial charge < -0.3 is 4.98 Å². The molecule has 0 bridgehead atoms. The lowest BCUT2D eigenvalue weighted by Crippen LogP contribution is -2.35. The van der Waals surface area contributed by atoms with E-state index >= 15 is 0 Å². The molecule has 3 rings (SSSR count). The number of aromatic amines is 2. The largest absolute Gasteiger partial charge is 0.335 e. The Bertz CT molecular complexity index is 749. The van der Waals surface area contributed by atoms with Crippen LogP contribution in [-0.2, 0) is 19.5 Å². The fourth-order valence-electron chi connectivity index (χ4n) is 2.61. The third kappa shape index (κ3) is 2.71. The van der Waals surface area contributed by atoms with E-state index in [2.05, 4.69) is 25.9 Å². The Hall–Kier alpha value is -1.79. The molecule has 0 saturated heterocycles. The van der Waals surface area contributed by atoms with Gasteiger partial charge in [0.15, 0.2) is 4.77 Å². The summed E-state index contributed by atoms with van der Waals surface area (Å²) < 4.78 is 0.407. The zero-order chi connectivity index (χ0) is 14.1. The third-order valence-corrected chi connectivity index (χ3v) is 3.73. The first kappa shape index (κ1) is 13.2. The number of H-pyrrole nitrogens is 2. The second-order valence-corrected chi connectivity index (χ2v) is 5.60. The van der Waals surface area contributed by atoms with Crippen molar-refractivity contribution < 1.29 is 0 Å². The average molecular weight is 288 g/mol. The highest BCUT2D eigenvalue weighted by Crippen LogP contribution is 2.16. The average Bonchev–Trinajstić information content (AvgIpc) is 2.39. The van der Waals surface area contributed by atoms with E-state index in [1.165, 1.54) is 5.56 Å². The molecule has 2 N–H and O–H groups in total. The van der Waals surface area contributed by atoms with Crippen LogP contribution in [0.5, 0.6) is 0 Å². The van der Waals surface area contributed by atoms with Crippen molar-refractivity contribution in [2.75, 3.05) is 6.54 Å². The van der Waals surface area contributed by atoms with Gasteiger partial charge in [0.2, 0.25) is 0 Å². The van der Waals surface area contributed by atoms with E-state index < -0.39 is 0 Å². The normalized spacial score (nSPS) is 15.1. The van der Waals surface area contributed by atoms with E-state index in [9.17, 15) is 4.79 Å². The standard InChI is InChI=1S/C14H16N4OS/c1-9-4-10(6-15-5-9)7-18-3-2-12-11(8-18)13(19)17-14(20)16-12/h4-6H,2-3,7-8H2,1H3,(H2,16,17,19,20). The number of nitrogens with zero attached hydrogens (tertiary/aromatic N) is 2. The predicted molar refractivity (Wildman–Crippen MR) is 79.0 cm³/mol. The third-order valence-electron chi connectivity index (χ3n) is 3.53. The molecular weight excluding hydrogens is 272 g/mol. The van der Waals surface area contributed by atoms with Crippen LogP contribution in [0.1, 0.15) is 22.4 Å². The van der Waals surface area contributed by atoms with Crippen molar-refractivity contribution in [1.29, 1.82) is 0 Å². The van der Waals surface area contributed by atoms with Crippen molar-refractivity contribution in [2.45, 2.75) is 26.4 Å². The van der Waals surface area contributed by atoms with Gasteiger partial charge in [-0.3, -0.25) is 19.7 Å². The summed E-state index contributed by atoms with van der Waals surface area (Å²) in [5.41, 5.74) is 4.02. The van der Waals surface area contributed by atoms with Gasteiger partial charge in [-0.25, -0.2) is 0 Å². The maximum absolute atomic E-state index is 12.0. The van der Waals surface area contributed by atoms with Crippen molar-refractivity contribution >= 4 is 12.2 Å². The molecule has 2 aromatic heterocycles. The minimum Gasteiger partial charge on any atom is -0.335 e. The number of nitrogens with one attached hydrogen (secondary N) is 2. The number of rotatable bonds is 2. The summed E-state index contributed by atoms with van der Waals surface area (Å²) >= 11 is 5.00. The highest BCUT2D eigenvalue weighted by molar-refractivity contribution is 7.71. The summed E-state index contributed by atoms with van der Waals surface area (Å²) in [6.45, 7) is 4.40. The van der Waals surface area contributed by atoms with E-state index in [-0.39, 0.29) is 5.56 Å². The van der Waals surface area contributed by atoms with Crippen molar-refractivity contribution in [3.05, 3.63) is 56.0 Å². The zero-order valence-corrected chi connectivity index (χ0v) is 12.1. The Kier molecular flexibility index (Phi) is 3.50. The summed E-state index contributed by atoms with van der Waals surface area (Å²) in [4.78, 5) is 24.2. The van der Waals surface area contributed by atoms with Crippen LogP contribution in [0.2, 0.25) is 0 Å². The Morgan fingerprint density at radius 3 is 3.05 bits per heavy atom. The first-order valence-corrected chi connectivity index (χ1v) is 7.00. The Morgan fingerprint density at radius 2 is 2.25 bits per heavy atom. The van der Waals surface area contributed by atoms with Crippen LogP contribution in [0.4, 0.5) is 0 Å². The fourth-order valence-corrected chi connectivity index (χ4v) is 2.83. The molecule has 0 spiro atoms. The molecule has 0 aliphatic carbocycles. The summed E-state index contributed by atoms with van der Waals surface area (Å²) in [5.74, 6) is 0. The van der Waals surface area contributed by atoms with Gasteiger partial charge in [0.25, 0.3) is 5.56 Å². The molecule has 2 aromatic rings. The topological polar surface area (TPSA) is 64.8 Å². The molecule has 0 amide bonds.